The molecule has 3 aromatic rings. The minimum absolute atomic E-state index is 0.0166. The van der Waals surface area contributed by atoms with Crippen molar-refractivity contribution in [2.24, 2.45) is 23.7 Å². The summed E-state index contributed by atoms with van der Waals surface area (Å²) in [5.74, 6) is -3.37. The summed E-state index contributed by atoms with van der Waals surface area (Å²) in [6, 6.07) is 10.1. The smallest absolute Gasteiger partial charge is 0.243 e. The number of hydrogen-bond donors (Lipinski definition) is 6. The number of aliphatic hydroxyl groups is 1. The van der Waals surface area contributed by atoms with Crippen LogP contribution in [-0.2, 0) is 54.7 Å². The number of benzene rings is 1. The number of carbonyl (C=O) groups excluding carboxylic acids is 6. The fourth-order valence-corrected chi connectivity index (χ4v) is 9.44. The van der Waals surface area contributed by atoms with Crippen LogP contribution in [0.3, 0.4) is 0 Å². The third-order valence-corrected chi connectivity index (χ3v) is 13.5. The second kappa shape index (κ2) is 23.5. The van der Waals surface area contributed by atoms with Crippen LogP contribution in [0.2, 0.25) is 0 Å². The van der Waals surface area contributed by atoms with E-state index in [1.807, 2.05) is 70.2 Å². The van der Waals surface area contributed by atoms with Crippen LogP contribution in [0.4, 0.5) is 0 Å². The molecule has 8 atom stereocenters. The minimum atomic E-state index is -1.17. The number of fused-ring (bicyclic) bond motifs is 3. The Morgan fingerprint density at radius 3 is 2.34 bits per heavy atom. The number of nitrogens with one attached hydrogen (secondary N) is 5. The van der Waals surface area contributed by atoms with E-state index in [1.54, 1.807) is 27.9 Å². The molecular formula is C49H69N9O7. The first-order valence-electron chi connectivity index (χ1n) is 23.7. The first kappa shape index (κ1) is 48.8. The lowest BCUT2D eigenvalue weighted by molar-refractivity contribution is -0.140. The second-order valence-electron chi connectivity index (χ2n) is 18.7. The predicted molar refractivity (Wildman–Crippen MR) is 244 cm³/mol. The molecule has 6 amide bonds. The first-order valence-corrected chi connectivity index (χ1v) is 23.7. The maximum Gasteiger partial charge on any atom is 0.243 e. The van der Waals surface area contributed by atoms with Crippen LogP contribution in [0, 0.1) is 23.7 Å². The minimum Gasteiger partial charge on any atom is -0.391 e. The van der Waals surface area contributed by atoms with Gasteiger partial charge in [0, 0.05) is 37.7 Å². The van der Waals surface area contributed by atoms with Gasteiger partial charge in [-0.2, -0.15) is 0 Å². The zero-order valence-corrected chi connectivity index (χ0v) is 38.4. The monoisotopic (exact) mass is 896 g/mol. The fourth-order valence-electron chi connectivity index (χ4n) is 9.44. The maximum atomic E-state index is 14.7. The Morgan fingerprint density at radius 2 is 1.63 bits per heavy atom. The number of imidazole rings is 1. The maximum absolute atomic E-state index is 14.7. The zero-order valence-electron chi connectivity index (χ0n) is 38.4. The van der Waals surface area contributed by atoms with E-state index in [4.69, 9.17) is 0 Å². The van der Waals surface area contributed by atoms with Crippen LogP contribution in [0.25, 0.3) is 0 Å². The summed E-state index contributed by atoms with van der Waals surface area (Å²) in [5.41, 5.74) is 1.96. The molecule has 1 aromatic carbocycles. The number of hydrogen-bond acceptors (Lipinski definition) is 9. The molecule has 2 fully saturated rings. The highest BCUT2D eigenvalue weighted by Crippen LogP contribution is 2.30. The van der Waals surface area contributed by atoms with Crippen LogP contribution in [0.5, 0.6) is 0 Å². The molecule has 2 aliphatic heterocycles. The molecule has 6 N–H and O–H groups in total. The lowest BCUT2D eigenvalue weighted by Gasteiger charge is -2.34. The van der Waals surface area contributed by atoms with Crippen molar-refractivity contribution >= 4 is 35.4 Å². The Kier molecular flexibility index (Phi) is 17.7. The average Bonchev–Trinajstić information content (AvgIpc) is 3.99. The van der Waals surface area contributed by atoms with Crippen molar-refractivity contribution < 1.29 is 33.9 Å². The molecule has 352 valence electrons. The Hall–Kier alpha value is -5.64. The molecule has 0 spiro atoms. The van der Waals surface area contributed by atoms with E-state index in [-0.39, 0.29) is 67.8 Å². The second-order valence-corrected chi connectivity index (χ2v) is 18.7. The van der Waals surface area contributed by atoms with E-state index in [2.05, 4.69) is 36.6 Å². The standard InChI is InChI=1S/C49H69N9O7/c1-5-32(4)44(49(65)51-27-35-19-12-13-21-50-35)56-45(61)37(31(2)3)26-42(59)38(23-33-15-8-6-9-16-33)53-47(63)40-25-36-28-57(30-52-36)29-43(60)58-22-14-20-41(58)48(64)55-39(46(62)54-40)24-34-17-10-7-11-18-34/h7,10-13,17-19,21,28,30-33,37-42,44,59H,5-6,8-9,14-16,20,22-27,29H2,1-4H3,(H,51,65)(H,53,63)(H,54,62)(H,55,64)(H,56,61)/t32-,37-,38-,39-,40-,41-,42-,44-/m0/s1. The van der Waals surface area contributed by atoms with Gasteiger partial charge in [-0.3, -0.25) is 33.8 Å². The van der Waals surface area contributed by atoms with Crippen molar-refractivity contribution in [3.8, 4) is 0 Å². The van der Waals surface area contributed by atoms with Gasteiger partial charge in [0.05, 0.1) is 36.4 Å². The largest absolute Gasteiger partial charge is 0.391 e. The molecule has 2 aromatic heterocycles. The molecule has 4 heterocycles. The lowest BCUT2D eigenvalue weighted by Crippen LogP contribution is -2.59. The van der Waals surface area contributed by atoms with E-state index in [0.717, 1.165) is 37.7 Å². The summed E-state index contributed by atoms with van der Waals surface area (Å²) in [6.45, 7) is 8.27. The van der Waals surface area contributed by atoms with Gasteiger partial charge in [-0.05, 0) is 61.1 Å². The molecule has 16 nitrogen and oxygen atoms in total. The first-order chi connectivity index (χ1) is 31.3. The van der Waals surface area contributed by atoms with Crippen LogP contribution < -0.4 is 26.6 Å². The van der Waals surface area contributed by atoms with Gasteiger partial charge >= 0.3 is 0 Å². The van der Waals surface area contributed by atoms with Crippen LogP contribution in [-0.4, -0.2) is 103 Å². The van der Waals surface area contributed by atoms with Crippen LogP contribution in [0.1, 0.15) is 109 Å². The lowest BCUT2D eigenvalue weighted by atomic mass is 9.81. The summed E-state index contributed by atoms with van der Waals surface area (Å²) in [4.78, 5) is 94.5. The van der Waals surface area contributed by atoms with E-state index in [1.165, 1.54) is 6.33 Å². The molecule has 0 unspecified atom stereocenters. The van der Waals surface area contributed by atoms with Gasteiger partial charge < -0.3 is 41.2 Å². The molecular weight excluding hydrogens is 827 g/mol. The highest BCUT2D eigenvalue weighted by atomic mass is 16.3. The molecule has 16 heteroatoms. The van der Waals surface area contributed by atoms with Gasteiger partial charge in [-0.15, -0.1) is 0 Å². The van der Waals surface area contributed by atoms with E-state index in [0.29, 0.717) is 43.6 Å². The third kappa shape index (κ3) is 13.7. The Balaban J connectivity index is 1.23. The van der Waals surface area contributed by atoms with Gasteiger partial charge in [-0.1, -0.05) is 103 Å². The number of aliphatic hydroxyl groups excluding tert-OH is 1. The van der Waals surface area contributed by atoms with Gasteiger partial charge in [0.15, 0.2) is 0 Å². The molecule has 65 heavy (non-hydrogen) atoms. The Labute approximate surface area is 382 Å². The number of amides is 6. The molecule has 6 rings (SSSR count). The number of nitrogens with zero attached hydrogens (tertiary/aromatic N) is 4. The van der Waals surface area contributed by atoms with Crippen molar-refractivity contribution in [1.82, 2.24) is 46.0 Å². The summed E-state index contributed by atoms with van der Waals surface area (Å²) in [5, 5.41) is 27.1. The van der Waals surface area contributed by atoms with Gasteiger partial charge in [0.25, 0.3) is 0 Å². The number of pyridine rings is 1. The highest BCUT2D eigenvalue weighted by molar-refractivity contribution is 5.95. The summed E-state index contributed by atoms with van der Waals surface area (Å²) in [7, 11) is 0. The van der Waals surface area contributed by atoms with Gasteiger partial charge in [-0.25, -0.2) is 4.98 Å². The van der Waals surface area contributed by atoms with Crippen molar-refractivity contribution in [3.63, 3.8) is 0 Å². The molecule has 1 saturated heterocycles. The molecule has 1 aliphatic carbocycles. The fraction of sp³-hybridized carbons (Fsp3) is 0.592. The highest BCUT2D eigenvalue weighted by Gasteiger charge is 2.39. The normalized spacial score (nSPS) is 22.0. The van der Waals surface area contributed by atoms with Crippen LogP contribution in [0.15, 0.2) is 67.3 Å². The third-order valence-electron chi connectivity index (χ3n) is 13.5. The van der Waals surface area contributed by atoms with Crippen molar-refractivity contribution in [1.29, 1.82) is 0 Å². The van der Waals surface area contributed by atoms with Crippen molar-refractivity contribution in [3.05, 3.63) is 84.2 Å². The van der Waals surface area contributed by atoms with Crippen molar-refractivity contribution in [2.75, 3.05) is 6.54 Å². The number of carbonyl (C=O) groups is 6. The molecule has 0 radical (unpaired) electrons. The quantitative estimate of drug-likeness (QED) is 0.117. The average molecular weight is 896 g/mol. The zero-order chi connectivity index (χ0) is 46.5. The van der Waals surface area contributed by atoms with E-state index < -0.39 is 60.0 Å². The molecule has 1 saturated carbocycles. The van der Waals surface area contributed by atoms with Gasteiger partial charge in [0.2, 0.25) is 35.4 Å². The molecule has 3 aliphatic rings. The Bertz CT molecular complexity index is 2060. The van der Waals surface area contributed by atoms with E-state index in [9.17, 15) is 33.9 Å². The summed E-state index contributed by atoms with van der Waals surface area (Å²) >= 11 is 0. The summed E-state index contributed by atoms with van der Waals surface area (Å²) < 4.78 is 1.62. The Morgan fingerprint density at radius 1 is 0.877 bits per heavy atom. The van der Waals surface area contributed by atoms with Gasteiger partial charge in [0.1, 0.15) is 30.7 Å². The molecule has 2 bridgehead atoms. The predicted octanol–water partition coefficient (Wildman–Crippen LogP) is 3.36. The SMILES string of the molecule is CC[C@H](C)[C@H](NC(=O)[C@@H](C[C@H](O)[C@H](CC1CCCCC1)NC(=O)[C@@H]1Cc2cn(cn2)CC(=O)N2CCC[C@H]2C(=O)N[C@@H](Cc2ccccc2)C(=O)N1)C(C)C)C(=O)NCc1ccccn1. The number of rotatable bonds is 17. The number of aromatic nitrogens is 3. The van der Waals surface area contributed by atoms with E-state index >= 15 is 0 Å². The van der Waals surface area contributed by atoms with Crippen molar-refractivity contribution in [2.45, 2.75) is 154 Å². The summed E-state index contributed by atoms with van der Waals surface area (Å²) in [6.07, 6.45) is 11.1. The topological polar surface area (TPSA) is 217 Å². The van der Waals surface area contributed by atoms with Crippen LogP contribution >= 0.6 is 0 Å².